The van der Waals surface area contributed by atoms with E-state index in [1.165, 1.54) is 10.6 Å². The Kier molecular flexibility index (Phi) is 3.23. The van der Waals surface area contributed by atoms with Crippen molar-refractivity contribution in [1.82, 2.24) is 4.57 Å². The van der Waals surface area contributed by atoms with Gasteiger partial charge in [0.2, 0.25) is 5.56 Å². The van der Waals surface area contributed by atoms with E-state index in [0.717, 1.165) is 0 Å². The molecule has 0 unspecified atom stereocenters. The molecule has 0 spiro atoms. The fraction of sp³-hybridized carbons (Fsp3) is 0.167. The van der Waals surface area contributed by atoms with Crippen LogP contribution in [0.3, 0.4) is 0 Å². The Labute approximate surface area is 84.8 Å². The molecule has 0 atom stereocenters. The maximum atomic E-state index is 11.1. The van der Waals surface area contributed by atoms with Gasteiger partial charge >= 0.3 is 6.00 Å². The minimum absolute atomic E-state index is 0.142. The quantitative estimate of drug-likeness (QED) is 0.575. The highest BCUT2D eigenvalue weighted by atomic mass is 35.8. The van der Waals surface area contributed by atoms with Gasteiger partial charge < -0.3 is 4.57 Å². The molecule has 1 heterocycles. The summed E-state index contributed by atoms with van der Waals surface area (Å²) in [7, 11) is 0. The van der Waals surface area contributed by atoms with Crippen molar-refractivity contribution in [2.75, 3.05) is 0 Å². The average molecular weight is 243 g/mol. The van der Waals surface area contributed by atoms with Gasteiger partial charge in [-0.1, -0.05) is 6.07 Å². The smallest absolute Gasteiger partial charge is 0.315 e. The fourth-order valence-corrected chi connectivity index (χ4v) is 2.59. The molecule has 0 saturated carbocycles. The van der Waals surface area contributed by atoms with Crippen LogP contribution in [0.2, 0.25) is 0 Å². The highest BCUT2D eigenvalue weighted by Crippen LogP contribution is 2.20. The summed E-state index contributed by atoms with van der Waals surface area (Å²) in [5.74, 6) is 0. The molecule has 66 valence electrons. The monoisotopic (exact) mass is 241 g/mol. The molecule has 0 aliphatic carbocycles. The summed E-state index contributed by atoms with van der Waals surface area (Å²) in [4.78, 5) is 11.1. The van der Waals surface area contributed by atoms with Crippen LogP contribution in [0.4, 0.5) is 0 Å². The van der Waals surface area contributed by atoms with E-state index in [4.69, 9.17) is 33.2 Å². The molecule has 0 aromatic carbocycles. The van der Waals surface area contributed by atoms with Gasteiger partial charge in [-0.25, -0.2) is 0 Å². The molecule has 6 heteroatoms. The molecule has 0 bridgehead atoms. The van der Waals surface area contributed by atoms with Crippen molar-refractivity contribution in [2.45, 2.75) is 6.17 Å². The summed E-state index contributed by atoms with van der Waals surface area (Å²) in [6.07, 6.45) is 1.81. The third-order valence-electron chi connectivity index (χ3n) is 1.25. The van der Waals surface area contributed by atoms with Crippen LogP contribution in [-0.4, -0.2) is 10.6 Å². The van der Waals surface area contributed by atoms with E-state index >= 15 is 0 Å². The third-order valence-corrected chi connectivity index (χ3v) is 3.02. The molecule has 0 aliphatic heterocycles. The van der Waals surface area contributed by atoms with Crippen molar-refractivity contribution in [1.29, 1.82) is 0 Å². The number of nitrogens with zero attached hydrogens (tertiary/aromatic N) is 1. The van der Waals surface area contributed by atoms with Crippen LogP contribution in [0, 0.1) is 0 Å². The number of rotatable bonds is 2. The van der Waals surface area contributed by atoms with Gasteiger partial charge in [0.05, 0.1) is 6.17 Å². The first-order chi connectivity index (χ1) is 5.49. The van der Waals surface area contributed by atoms with Gasteiger partial charge in [0.1, 0.15) is 0 Å². The van der Waals surface area contributed by atoms with E-state index in [1.54, 1.807) is 18.3 Å². The predicted molar refractivity (Wildman–Crippen MR) is 54.0 cm³/mol. The molecule has 1 rings (SSSR count). The van der Waals surface area contributed by atoms with Crippen molar-refractivity contribution >= 4 is 39.2 Å². The van der Waals surface area contributed by atoms with E-state index in [9.17, 15) is 4.79 Å². The number of halogens is 3. The van der Waals surface area contributed by atoms with Crippen molar-refractivity contribution in [3.8, 4) is 0 Å². The topological polar surface area (TPSA) is 22.0 Å². The Morgan fingerprint density at radius 3 is 2.50 bits per heavy atom. The zero-order chi connectivity index (χ0) is 9.19. The Morgan fingerprint density at radius 2 is 2.00 bits per heavy atom. The molecule has 0 aliphatic rings. The van der Waals surface area contributed by atoms with Crippen LogP contribution in [0.5, 0.6) is 0 Å². The summed E-state index contributed by atoms with van der Waals surface area (Å²) in [6.45, 7) is 0. The summed E-state index contributed by atoms with van der Waals surface area (Å²) >= 11 is 16.9. The SMILES string of the molecule is O=c1ccccn1C[Si](Cl)(Cl)Cl. The van der Waals surface area contributed by atoms with Gasteiger partial charge in [0.25, 0.3) is 0 Å². The lowest BCUT2D eigenvalue weighted by Gasteiger charge is -2.09. The normalized spacial score (nSPS) is 11.6. The fourth-order valence-electron chi connectivity index (χ4n) is 0.784. The molecule has 1 aromatic rings. The van der Waals surface area contributed by atoms with Gasteiger partial charge in [-0.2, -0.15) is 0 Å². The molecule has 0 radical (unpaired) electrons. The average Bonchev–Trinajstić information content (AvgIpc) is 1.91. The third kappa shape index (κ3) is 3.19. The Morgan fingerprint density at radius 1 is 1.33 bits per heavy atom. The van der Waals surface area contributed by atoms with E-state index in [1.807, 2.05) is 0 Å². The maximum Gasteiger partial charge on any atom is 0.360 e. The van der Waals surface area contributed by atoms with E-state index < -0.39 is 6.00 Å². The number of hydrogen-bond donors (Lipinski definition) is 0. The number of pyridine rings is 1. The summed E-state index contributed by atoms with van der Waals surface area (Å²) in [5.41, 5.74) is -0.142. The second-order valence-corrected chi connectivity index (χ2v) is 11.4. The van der Waals surface area contributed by atoms with Gasteiger partial charge in [-0.05, 0) is 6.07 Å². The van der Waals surface area contributed by atoms with Gasteiger partial charge in [0, 0.05) is 12.3 Å². The lowest BCUT2D eigenvalue weighted by Crippen LogP contribution is -2.28. The first-order valence-corrected chi connectivity index (χ1v) is 8.45. The van der Waals surface area contributed by atoms with Crippen LogP contribution < -0.4 is 5.56 Å². The second kappa shape index (κ2) is 3.83. The highest BCUT2D eigenvalue weighted by Gasteiger charge is 2.25. The Balaban J connectivity index is 2.91. The number of hydrogen-bond acceptors (Lipinski definition) is 1. The van der Waals surface area contributed by atoms with E-state index in [-0.39, 0.29) is 11.7 Å². The Bertz CT molecular complexity index is 319. The highest BCUT2D eigenvalue weighted by molar-refractivity contribution is 7.64. The van der Waals surface area contributed by atoms with Crippen molar-refractivity contribution in [3.05, 3.63) is 34.7 Å². The van der Waals surface area contributed by atoms with Crippen LogP contribution in [0.1, 0.15) is 0 Å². The lowest BCUT2D eigenvalue weighted by atomic mass is 10.5. The van der Waals surface area contributed by atoms with Crippen molar-refractivity contribution in [2.24, 2.45) is 0 Å². The van der Waals surface area contributed by atoms with E-state index in [2.05, 4.69) is 0 Å². The first-order valence-electron chi connectivity index (χ1n) is 3.21. The largest absolute Gasteiger partial charge is 0.360 e. The second-order valence-electron chi connectivity index (χ2n) is 2.28. The summed E-state index contributed by atoms with van der Waals surface area (Å²) < 4.78 is 1.40. The minimum Gasteiger partial charge on any atom is -0.315 e. The molecule has 0 saturated heterocycles. The lowest BCUT2D eigenvalue weighted by molar-refractivity contribution is 0.824. The van der Waals surface area contributed by atoms with Crippen LogP contribution in [0.15, 0.2) is 29.2 Å². The van der Waals surface area contributed by atoms with Gasteiger partial charge in [-0.3, -0.25) is 4.79 Å². The molecule has 2 nitrogen and oxygen atoms in total. The van der Waals surface area contributed by atoms with Crippen molar-refractivity contribution < 1.29 is 0 Å². The number of aromatic nitrogens is 1. The Hall–Kier alpha value is 0.0369. The summed E-state index contributed by atoms with van der Waals surface area (Å²) in [6, 6.07) is 2.07. The molecule has 0 fully saturated rings. The molecule has 0 N–H and O–H groups in total. The summed E-state index contributed by atoms with van der Waals surface area (Å²) in [5, 5.41) is 0. The van der Waals surface area contributed by atoms with Gasteiger partial charge in [-0.15, -0.1) is 33.2 Å². The van der Waals surface area contributed by atoms with Crippen LogP contribution >= 0.6 is 33.2 Å². The predicted octanol–water partition coefficient (Wildman–Crippen LogP) is 2.04. The maximum absolute atomic E-state index is 11.1. The first kappa shape index (κ1) is 10.1. The van der Waals surface area contributed by atoms with E-state index in [0.29, 0.717) is 0 Å². The standard InChI is InChI=1S/C6H6Cl3NOSi/c7-12(8,9)5-10-4-2-1-3-6(10)11/h1-4H,5H2. The zero-order valence-electron chi connectivity index (χ0n) is 6.01. The molecule has 1 aromatic heterocycles. The van der Waals surface area contributed by atoms with Gasteiger partial charge in [0.15, 0.2) is 0 Å². The zero-order valence-corrected chi connectivity index (χ0v) is 9.27. The molecular weight excluding hydrogens is 237 g/mol. The molecule has 12 heavy (non-hydrogen) atoms. The molecular formula is C6H6Cl3NOSi. The minimum atomic E-state index is -2.75. The van der Waals surface area contributed by atoms with Crippen molar-refractivity contribution in [3.63, 3.8) is 0 Å². The van der Waals surface area contributed by atoms with Crippen LogP contribution in [0.25, 0.3) is 0 Å². The van der Waals surface area contributed by atoms with Crippen LogP contribution in [-0.2, 0) is 6.17 Å². The molecule has 0 amide bonds.